The molecule has 200 valence electrons. The zero-order valence-electron chi connectivity index (χ0n) is 19.9. The number of alkyl halides is 4. The summed E-state index contributed by atoms with van der Waals surface area (Å²) < 4.78 is 78.6. The summed E-state index contributed by atoms with van der Waals surface area (Å²) in [5.41, 5.74) is -0.241. The van der Waals surface area contributed by atoms with Crippen LogP contribution in [0.5, 0.6) is 5.75 Å². The van der Waals surface area contributed by atoms with Gasteiger partial charge >= 0.3 is 12.5 Å². The maximum absolute atomic E-state index is 14.9. The number of fused-ring (bicyclic) bond motifs is 1. The molecule has 1 N–H and O–H groups in total. The topological polar surface area (TPSA) is 55.7 Å². The highest BCUT2D eigenvalue weighted by Gasteiger charge is 2.46. The van der Waals surface area contributed by atoms with Gasteiger partial charge in [-0.3, -0.25) is 4.98 Å². The largest absolute Gasteiger partial charge is 0.461 e. The summed E-state index contributed by atoms with van der Waals surface area (Å²) in [4.78, 5) is 9.12. The van der Waals surface area contributed by atoms with Gasteiger partial charge in [-0.1, -0.05) is 41.9 Å². The fraction of sp³-hybridized carbons (Fsp3) is 0.333. The Kier molecular flexibility index (Phi) is 7.17. The second-order valence-electron chi connectivity index (χ2n) is 9.28. The molecular formula is C27H23ClF5N3O2. The molecular weight excluding hydrogens is 529 g/mol. The second-order valence-corrected chi connectivity index (χ2v) is 9.72. The summed E-state index contributed by atoms with van der Waals surface area (Å²) in [6.07, 6.45) is -4.87. The van der Waals surface area contributed by atoms with Crippen LogP contribution in [-0.2, 0) is 16.7 Å². The lowest BCUT2D eigenvalue weighted by Gasteiger charge is -2.36. The van der Waals surface area contributed by atoms with Crippen molar-refractivity contribution in [1.29, 1.82) is 0 Å². The molecule has 0 radical (unpaired) electrons. The van der Waals surface area contributed by atoms with Crippen molar-refractivity contribution in [3.8, 4) is 5.75 Å². The number of hydrogen-bond donors (Lipinski definition) is 1. The molecule has 0 spiro atoms. The average molecular weight is 552 g/mol. The molecule has 38 heavy (non-hydrogen) atoms. The molecule has 11 heteroatoms. The molecule has 3 aromatic rings. The van der Waals surface area contributed by atoms with Crippen molar-refractivity contribution in [3.63, 3.8) is 0 Å². The Balaban J connectivity index is 1.67. The van der Waals surface area contributed by atoms with Crippen LogP contribution >= 0.6 is 11.6 Å². The van der Waals surface area contributed by atoms with Gasteiger partial charge in [0.1, 0.15) is 23.2 Å². The van der Waals surface area contributed by atoms with Gasteiger partial charge in [0, 0.05) is 18.7 Å². The summed E-state index contributed by atoms with van der Waals surface area (Å²) >= 11 is 6.09. The van der Waals surface area contributed by atoms with Gasteiger partial charge in [0.25, 0.3) is 6.02 Å². The van der Waals surface area contributed by atoms with Gasteiger partial charge < -0.3 is 14.8 Å². The van der Waals surface area contributed by atoms with Crippen LogP contribution in [0.25, 0.3) is 0 Å². The minimum Gasteiger partial charge on any atom is -0.460 e. The number of halogens is 6. The van der Waals surface area contributed by atoms with Crippen LogP contribution in [0, 0.1) is 5.82 Å². The number of hydrogen-bond acceptors (Lipinski definition) is 5. The van der Waals surface area contributed by atoms with E-state index < -0.39 is 29.6 Å². The first-order chi connectivity index (χ1) is 18.1. The molecule has 0 saturated heterocycles. The molecule has 2 aromatic carbocycles. The van der Waals surface area contributed by atoms with Crippen molar-refractivity contribution in [2.24, 2.45) is 4.99 Å². The Hall–Kier alpha value is -3.40. The molecule has 2 heterocycles. The fourth-order valence-corrected chi connectivity index (χ4v) is 4.99. The van der Waals surface area contributed by atoms with Crippen molar-refractivity contribution < 1.29 is 31.4 Å². The molecule has 2 aliphatic rings. The third kappa shape index (κ3) is 5.41. The highest BCUT2D eigenvalue weighted by atomic mass is 35.5. The fourth-order valence-electron chi connectivity index (χ4n) is 4.88. The Bertz CT molecular complexity index is 1310. The molecule has 1 aliphatic heterocycles. The highest BCUT2D eigenvalue weighted by Crippen LogP contribution is 2.38. The SMILES string of the molecule is Fc1cc(OC(F)(F)C(F)F)cc([C@](Cc2ccccc2)(NC2=N[C@H]3CCC[C@@H]3O2)c2ccc(Cl)cn2)c1. The molecule has 3 atom stereocenters. The number of rotatable bonds is 8. The van der Waals surface area contributed by atoms with E-state index in [1.807, 2.05) is 30.3 Å². The quantitative estimate of drug-likeness (QED) is 0.325. The standard InChI is InChI=1S/C27H23ClF5N3O2/c28-18-9-10-23(34-15-18)26(14-16-5-2-1-3-6-16,36-25-35-21-7-4-8-22(21)37-25)17-11-19(29)13-20(12-17)38-27(32,33)24(30)31/h1-3,5-6,9-13,15,21-22,24H,4,7-8,14H2,(H,35,36)/t21-,22-,26-/m0/s1. The van der Waals surface area contributed by atoms with Gasteiger partial charge in [-0.05, 0) is 54.7 Å². The highest BCUT2D eigenvalue weighted by molar-refractivity contribution is 6.30. The molecule has 1 aromatic heterocycles. The van der Waals surface area contributed by atoms with Crippen LogP contribution < -0.4 is 10.1 Å². The number of ether oxygens (including phenoxy) is 2. The number of nitrogens with zero attached hydrogens (tertiary/aromatic N) is 2. The summed E-state index contributed by atoms with van der Waals surface area (Å²) in [5.74, 6) is -1.74. The third-order valence-corrected chi connectivity index (χ3v) is 6.86. The first-order valence-corrected chi connectivity index (χ1v) is 12.4. The molecule has 0 amide bonds. The molecule has 5 nitrogen and oxygen atoms in total. The maximum Gasteiger partial charge on any atom is 0.461 e. The smallest absolute Gasteiger partial charge is 0.460 e. The number of benzene rings is 2. The first kappa shape index (κ1) is 26.2. The Morgan fingerprint density at radius 2 is 1.87 bits per heavy atom. The van der Waals surface area contributed by atoms with Gasteiger partial charge in [0.2, 0.25) is 0 Å². The number of aliphatic imine (C=N–C) groups is 1. The van der Waals surface area contributed by atoms with E-state index in [9.17, 15) is 22.0 Å². The molecule has 1 saturated carbocycles. The summed E-state index contributed by atoms with van der Waals surface area (Å²) in [6, 6.07) is 15.3. The molecule has 5 rings (SSSR count). The molecule has 0 unspecified atom stereocenters. The number of amidine groups is 1. The lowest BCUT2D eigenvalue weighted by Crippen LogP contribution is -2.49. The average Bonchev–Trinajstić information content (AvgIpc) is 3.46. The Morgan fingerprint density at radius 3 is 2.55 bits per heavy atom. The third-order valence-electron chi connectivity index (χ3n) is 6.63. The maximum atomic E-state index is 14.9. The molecule has 1 fully saturated rings. The zero-order chi connectivity index (χ0) is 26.9. The number of pyridine rings is 1. The van der Waals surface area contributed by atoms with Crippen LogP contribution in [0.15, 0.2) is 71.9 Å². The van der Waals surface area contributed by atoms with E-state index in [2.05, 4.69) is 20.0 Å². The summed E-state index contributed by atoms with van der Waals surface area (Å²) in [5, 5.41) is 3.60. The van der Waals surface area contributed by atoms with Crippen LogP contribution in [0.1, 0.15) is 36.1 Å². The normalized spacial score (nSPS) is 20.4. The minimum absolute atomic E-state index is 0.0405. The van der Waals surface area contributed by atoms with E-state index in [0.29, 0.717) is 16.8 Å². The van der Waals surface area contributed by atoms with E-state index in [1.165, 1.54) is 6.20 Å². The Labute approximate surface area is 220 Å². The van der Waals surface area contributed by atoms with Gasteiger partial charge in [-0.25, -0.2) is 9.38 Å². The van der Waals surface area contributed by atoms with Crippen molar-refractivity contribution in [3.05, 3.63) is 94.5 Å². The predicted molar refractivity (Wildman–Crippen MR) is 131 cm³/mol. The van der Waals surface area contributed by atoms with Crippen LogP contribution in [-0.4, -0.2) is 35.7 Å². The van der Waals surface area contributed by atoms with E-state index in [0.717, 1.165) is 37.0 Å². The summed E-state index contributed by atoms with van der Waals surface area (Å²) in [7, 11) is 0. The van der Waals surface area contributed by atoms with Crippen LogP contribution in [0.4, 0.5) is 22.0 Å². The monoisotopic (exact) mass is 551 g/mol. The van der Waals surface area contributed by atoms with E-state index in [-0.39, 0.29) is 30.2 Å². The van der Waals surface area contributed by atoms with Gasteiger partial charge in [-0.15, -0.1) is 0 Å². The lowest BCUT2D eigenvalue weighted by atomic mass is 9.80. The molecule has 1 aliphatic carbocycles. The zero-order valence-corrected chi connectivity index (χ0v) is 20.6. The van der Waals surface area contributed by atoms with Gasteiger partial charge in [0.15, 0.2) is 0 Å². The van der Waals surface area contributed by atoms with E-state index in [1.54, 1.807) is 12.1 Å². The van der Waals surface area contributed by atoms with E-state index >= 15 is 0 Å². The predicted octanol–water partition coefficient (Wildman–Crippen LogP) is 6.49. The van der Waals surface area contributed by atoms with Crippen molar-refractivity contribution >= 4 is 17.6 Å². The molecule has 0 bridgehead atoms. The van der Waals surface area contributed by atoms with Crippen molar-refractivity contribution in [2.45, 2.75) is 55.9 Å². The van der Waals surface area contributed by atoms with Gasteiger partial charge in [0.05, 0.1) is 16.8 Å². The Morgan fingerprint density at radius 1 is 1.08 bits per heavy atom. The van der Waals surface area contributed by atoms with Crippen molar-refractivity contribution in [1.82, 2.24) is 10.3 Å². The van der Waals surface area contributed by atoms with Crippen molar-refractivity contribution in [2.75, 3.05) is 0 Å². The van der Waals surface area contributed by atoms with Crippen LogP contribution in [0.3, 0.4) is 0 Å². The number of aromatic nitrogens is 1. The summed E-state index contributed by atoms with van der Waals surface area (Å²) in [6.45, 7) is 0. The minimum atomic E-state index is -4.82. The van der Waals surface area contributed by atoms with Crippen LogP contribution in [0.2, 0.25) is 5.02 Å². The van der Waals surface area contributed by atoms with E-state index in [4.69, 9.17) is 16.3 Å². The number of nitrogens with one attached hydrogen (secondary N) is 1. The lowest BCUT2D eigenvalue weighted by molar-refractivity contribution is -0.253. The second kappa shape index (κ2) is 10.4. The first-order valence-electron chi connectivity index (χ1n) is 12.0. The van der Waals surface area contributed by atoms with Gasteiger partial charge in [-0.2, -0.15) is 17.6 Å².